The summed E-state index contributed by atoms with van der Waals surface area (Å²) >= 11 is 0. The molecule has 2 aromatic heterocycles. The monoisotopic (exact) mass is 223 g/mol. The van der Waals surface area contributed by atoms with E-state index < -0.39 is 0 Å². The van der Waals surface area contributed by atoms with Crippen molar-refractivity contribution in [3.8, 4) is 17.5 Å². The van der Waals surface area contributed by atoms with Crippen molar-refractivity contribution in [1.29, 1.82) is 5.26 Å². The van der Waals surface area contributed by atoms with E-state index >= 15 is 0 Å². The van der Waals surface area contributed by atoms with Crippen molar-refractivity contribution < 1.29 is 4.42 Å². The molecule has 17 heavy (non-hydrogen) atoms. The zero-order valence-electron chi connectivity index (χ0n) is 9.19. The molecule has 0 saturated carbocycles. The van der Waals surface area contributed by atoms with E-state index in [1.165, 1.54) is 0 Å². The Morgan fingerprint density at radius 3 is 2.94 bits per heavy atom. The third-order valence-electron chi connectivity index (χ3n) is 2.75. The molecule has 4 heteroatoms. The summed E-state index contributed by atoms with van der Waals surface area (Å²) < 4.78 is 5.25. The number of H-pyrrole nitrogens is 1. The minimum Gasteiger partial charge on any atom is -0.469 e. The lowest BCUT2D eigenvalue weighted by Gasteiger charge is -1.90. The Labute approximate surface area is 97.5 Å². The number of hydrogen-bond donors (Lipinski definition) is 1. The average Bonchev–Trinajstić information content (AvgIpc) is 2.93. The van der Waals surface area contributed by atoms with Gasteiger partial charge in [0.15, 0.2) is 0 Å². The first-order valence-corrected chi connectivity index (χ1v) is 5.23. The number of para-hydroxylation sites is 1. The number of benzene rings is 1. The summed E-state index contributed by atoms with van der Waals surface area (Å²) in [5.41, 5.74) is 3.06. The molecule has 0 spiro atoms. The third-order valence-corrected chi connectivity index (χ3v) is 2.75. The molecule has 0 aliphatic carbocycles. The number of aromatic nitrogens is 2. The van der Waals surface area contributed by atoms with Gasteiger partial charge in [-0.25, -0.2) is 4.98 Å². The molecule has 0 atom stereocenters. The van der Waals surface area contributed by atoms with Gasteiger partial charge in [-0.1, -0.05) is 6.07 Å². The maximum Gasteiger partial charge on any atom is 0.142 e. The number of hydrogen-bond acceptors (Lipinski definition) is 3. The van der Waals surface area contributed by atoms with Crippen LogP contribution >= 0.6 is 0 Å². The molecule has 1 aromatic carbocycles. The van der Waals surface area contributed by atoms with Crippen LogP contribution in [0.1, 0.15) is 11.3 Å². The summed E-state index contributed by atoms with van der Waals surface area (Å²) in [5.74, 6) is 1.54. The van der Waals surface area contributed by atoms with Crippen molar-refractivity contribution in [1.82, 2.24) is 9.97 Å². The van der Waals surface area contributed by atoms with Gasteiger partial charge in [0.25, 0.3) is 0 Å². The molecule has 0 aliphatic rings. The van der Waals surface area contributed by atoms with Gasteiger partial charge in [0.2, 0.25) is 0 Å². The van der Waals surface area contributed by atoms with E-state index in [2.05, 4.69) is 16.0 Å². The second-order valence-corrected chi connectivity index (χ2v) is 3.79. The van der Waals surface area contributed by atoms with Gasteiger partial charge in [-0.2, -0.15) is 5.26 Å². The van der Waals surface area contributed by atoms with Crippen molar-refractivity contribution in [3.63, 3.8) is 0 Å². The highest BCUT2D eigenvalue weighted by Crippen LogP contribution is 2.25. The van der Waals surface area contributed by atoms with Crippen molar-refractivity contribution in [2.24, 2.45) is 0 Å². The quantitative estimate of drug-likeness (QED) is 0.689. The van der Waals surface area contributed by atoms with E-state index in [4.69, 9.17) is 9.68 Å². The lowest BCUT2D eigenvalue weighted by Crippen LogP contribution is -1.79. The Hall–Kier alpha value is -2.54. The molecule has 0 bridgehead atoms. The maximum absolute atomic E-state index is 9.01. The van der Waals surface area contributed by atoms with Crippen LogP contribution in [0.4, 0.5) is 0 Å². The number of rotatable bonds is 1. The highest BCUT2D eigenvalue weighted by molar-refractivity contribution is 5.84. The normalized spacial score (nSPS) is 10.6. The molecule has 0 unspecified atom stereocenters. The zero-order valence-corrected chi connectivity index (χ0v) is 9.19. The summed E-state index contributed by atoms with van der Waals surface area (Å²) in [6.07, 6.45) is 1.63. The molecule has 0 aliphatic heterocycles. The summed E-state index contributed by atoms with van der Waals surface area (Å²) in [4.78, 5) is 7.64. The summed E-state index contributed by atoms with van der Waals surface area (Å²) in [7, 11) is 0. The maximum atomic E-state index is 9.01. The van der Waals surface area contributed by atoms with E-state index in [0.29, 0.717) is 11.1 Å². The molecule has 0 radical (unpaired) electrons. The van der Waals surface area contributed by atoms with Crippen LogP contribution in [0.25, 0.3) is 22.4 Å². The Balaban J connectivity index is 2.28. The Bertz CT molecular complexity index is 731. The zero-order chi connectivity index (χ0) is 11.8. The number of nitrogens with one attached hydrogen (secondary N) is 1. The second-order valence-electron chi connectivity index (χ2n) is 3.79. The molecule has 2 heterocycles. The topological polar surface area (TPSA) is 65.6 Å². The first-order valence-electron chi connectivity index (χ1n) is 5.23. The fraction of sp³-hybridized carbons (Fsp3) is 0.0769. The Morgan fingerprint density at radius 1 is 1.35 bits per heavy atom. The van der Waals surface area contributed by atoms with Crippen molar-refractivity contribution in [3.05, 3.63) is 41.9 Å². The minimum atomic E-state index is 0.575. The van der Waals surface area contributed by atoms with E-state index in [-0.39, 0.29) is 0 Å². The van der Waals surface area contributed by atoms with Crippen LogP contribution in [0.5, 0.6) is 0 Å². The van der Waals surface area contributed by atoms with Crippen LogP contribution < -0.4 is 0 Å². The summed E-state index contributed by atoms with van der Waals surface area (Å²) in [6, 6.07) is 9.50. The fourth-order valence-corrected chi connectivity index (χ4v) is 1.88. The van der Waals surface area contributed by atoms with Gasteiger partial charge in [-0.05, 0) is 25.1 Å². The van der Waals surface area contributed by atoms with Crippen LogP contribution in [0.3, 0.4) is 0 Å². The number of fused-ring (bicyclic) bond motifs is 1. The molecule has 4 nitrogen and oxygen atoms in total. The van der Waals surface area contributed by atoms with Crippen LogP contribution in [0.15, 0.2) is 34.9 Å². The van der Waals surface area contributed by atoms with Crippen molar-refractivity contribution >= 4 is 11.0 Å². The smallest absolute Gasteiger partial charge is 0.142 e. The number of aromatic amines is 1. The SMILES string of the molecule is Cc1occc1-c1nc2c(C#N)cccc2[nH]1. The molecule has 1 N–H and O–H groups in total. The molecular formula is C13H9N3O. The molecule has 0 amide bonds. The lowest BCUT2D eigenvalue weighted by atomic mass is 10.2. The van der Waals surface area contributed by atoms with Crippen LogP contribution in [-0.2, 0) is 0 Å². The molecule has 82 valence electrons. The Kier molecular flexibility index (Phi) is 1.99. The number of nitrogens with zero attached hydrogens (tertiary/aromatic N) is 2. The minimum absolute atomic E-state index is 0.575. The van der Waals surface area contributed by atoms with Crippen LogP contribution in [0.2, 0.25) is 0 Å². The summed E-state index contributed by atoms with van der Waals surface area (Å²) in [5, 5.41) is 9.01. The summed E-state index contributed by atoms with van der Waals surface area (Å²) in [6.45, 7) is 1.88. The van der Waals surface area contributed by atoms with Gasteiger partial charge in [-0.3, -0.25) is 0 Å². The highest BCUT2D eigenvalue weighted by Gasteiger charge is 2.11. The number of aryl methyl sites for hydroxylation is 1. The molecule has 0 fully saturated rings. The third kappa shape index (κ3) is 1.41. The standard InChI is InChI=1S/C13H9N3O/c1-8-10(5-6-17-8)13-15-11-4-2-3-9(7-14)12(11)16-13/h2-6H,1H3,(H,15,16). The number of furan rings is 1. The largest absolute Gasteiger partial charge is 0.469 e. The van der Waals surface area contributed by atoms with Crippen LogP contribution in [0, 0.1) is 18.3 Å². The molecular weight excluding hydrogens is 214 g/mol. The lowest BCUT2D eigenvalue weighted by molar-refractivity contribution is 0.535. The van der Waals surface area contributed by atoms with Crippen molar-refractivity contribution in [2.75, 3.05) is 0 Å². The predicted molar refractivity (Wildman–Crippen MR) is 63.2 cm³/mol. The molecule has 3 aromatic rings. The first kappa shape index (κ1) is 9.67. The van der Waals surface area contributed by atoms with E-state index in [1.54, 1.807) is 12.3 Å². The predicted octanol–water partition coefficient (Wildman–Crippen LogP) is 3.00. The highest BCUT2D eigenvalue weighted by atomic mass is 16.3. The van der Waals surface area contributed by atoms with Gasteiger partial charge in [-0.15, -0.1) is 0 Å². The van der Waals surface area contributed by atoms with Gasteiger partial charge < -0.3 is 9.40 Å². The number of imidazole rings is 1. The Morgan fingerprint density at radius 2 is 2.24 bits per heavy atom. The first-order chi connectivity index (χ1) is 8.29. The molecule has 0 saturated heterocycles. The average molecular weight is 223 g/mol. The van der Waals surface area contributed by atoms with Crippen LogP contribution in [-0.4, -0.2) is 9.97 Å². The van der Waals surface area contributed by atoms with E-state index in [9.17, 15) is 0 Å². The second kappa shape index (κ2) is 3.49. The van der Waals surface area contributed by atoms with Gasteiger partial charge in [0.1, 0.15) is 23.2 Å². The number of nitriles is 1. The van der Waals surface area contributed by atoms with Gasteiger partial charge in [0.05, 0.1) is 22.9 Å². The van der Waals surface area contributed by atoms with Crippen molar-refractivity contribution in [2.45, 2.75) is 6.92 Å². The van der Waals surface area contributed by atoms with Gasteiger partial charge in [0, 0.05) is 0 Å². The fourth-order valence-electron chi connectivity index (χ4n) is 1.88. The molecule has 3 rings (SSSR count). The van der Waals surface area contributed by atoms with E-state index in [1.807, 2.05) is 25.1 Å². The van der Waals surface area contributed by atoms with Gasteiger partial charge >= 0.3 is 0 Å². The van der Waals surface area contributed by atoms with E-state index in [0.717, 1.165) is 22.7 Å².